The standard InChI is InChI=1S/C3H2ClNS/c4-1-2-6-3-5/h1-2H. The highest BCUT2D eigenvalue weighted by Crippen LogP contribution is 1.97. The van der Waals surface area contributed by atoms with Crippen molar-refractivity contribution in [3.8, 4) is 5.40 Å². The summed E-state index contributed by atoms with van der Waals surface area (Å²) >= 11 is 6.03. The van der Waals surface area contributed by atoms with E-state index in [9.17, 15) is 0 Å². The molecule has 0 N–H and O–H groups in total. The quantitative estimate of drug-likeness (QED) is 0.493. The maximum absolute atomic E-state index is 7.80. The molecule has 6 heavy (non-hydrogen) atoms. The molecule has 0 unspecified atom stereocenters. The number of thioether (sulfide) groups is 1. The number of rotatable bonds is 1. The lowest BCUT2D eigenvalue weighted by atomic mass is 11.3. The average molecular weight is 120 g/mol. The van der Waals surface area contributed by atoms with Gasteiger partial charge in [-0.3, -0.25) is 0 Å². The molecule has 3 heteroatoms. The van der Waals surface area contributed by atoms with Crippen LogP contribution in [0.5, 0.6) is 0 Å². The van der Waals surface area contributed by atoms with Crippen molar-refractivity contribution in [1.29, 1.82) is 5.26 Å². The minimum Gasteiger partial charge on any atom is -0.185 e. The molecule has 0 aromatic carbocycles. The Bertz CT molecular complexity index is 83.3. The monoisotopic (exact) mass is 119 g/mol. The largest absolute Gasteiger partial charge is 0.185 e. The van der Waals surface area contributed by atoms with Gasteiger partial charge in [-0.05, 0) is 17.2 Å². The number of nitriles is 1. The molecule has 0 fully saturated rings. The topological polar surface area (TPSA) is 23.8 Å². The number of halogens is 1. The molecule has 0 bridgehead atoms. The van der Waals surface area contributed by atoms with E-state index in [0.717, 1.165) is 11.8 Å². The Balaban J connectivity index is 2.92. The van der Waals surface area contributed by atoms with E-state index in [0.29, 0.717) is 0 Å². The predicted octanol–water partition coefficient (Wildman–Crippen LogP) is 1.91. The smallest absolute Gasteiger partial charge is 0.138 e. The lowest BCUT2D eigenvalue weighted by Crippen LogP contribution is -1.32. The lowest BCUT2D eigenvalue weighted by molar-refractivity contribution is 1.57. The summed E-state index contributed by atoms with van der Waals surface area (Å²) in [6, 6.07) is 0. The zero-order chi connectivity index (χ0) is 4.83. The number of thiocyanates is 1. The first-order valence-corrected chi connectivity index (χ1v) is 2.53. The molecule has 0 rings (SSSR count). The molecule has 0 aliphatic carbocycles. The summed E-state index contributed by atoms with van der Waals surface area (Å²) in [5.41, 5.74) is 1.30. The highest BCUT2D eigenvalue weighted by Gasteiger charge is 1.63. The van der Waals surface area contributed by atoms with E-state index in [1.807, 2.05) is 5.40 Å². The minimum absolute atomic E-state index is 1.00. The van der Waals surface area contributed by atoms with Gasteiger partial charge in [-0.15, -0.1) is 0 Å². The van der Waals surface area contributed by atoms with Gasteiger partial charge in [-0.1, -0.05) is 11.6 Å². The fraction of sp³-hybridized carbons (Fsp3) is 0. The summed E-state index contributed by atoms with van der Waals surface area (Å²) in [5, 5.41) is 11.1. The fourth-order valence-corrected chi connectivity index (χ4v) is 0.323. The first kappa shape index (κ1) is 5.87. The Hall–Kier alpha value is -0.130. The van der Waals surface area contributed by atoms with Crippen LogP contribution in [0, 0.1) is 10.7 Å². The number of nitrogens with zero attached hydrogens (tertiary/aromatic N) is 1. The summed E-state index contributed by atoms with van der Waals surface area (Å²) in [6.45, 7) is 0. The molecular weight excluding hydrogens is 118 g/mol. The van der Waals surface area contributed by atoms with E-state index in [4.69, 9.17) is 16.9 Å². The molecule has 0 spiro atoms. The van der Waals surface area contributed by atoms with Crippen molar-refractivity contribution in [1.82, 2.24) is 0 Å². The van der Waals surface area contributed by atoms with E-state index < -0.39 is 0 Å². The Kier molecular flexibility index (Phi) is 4.76. The van der Waals surface area contributed by atoms with Crippen molar-refractivity contribution >= 4 is 23.4 Å². The zero-order valence-corrected chi connectivity index (χ0v) is 4.46. The van der Waals surface area contributed by atoms with Crippen molar-refractivity contribution in [3.05, 3.63) is 10.9 Å². The first-order valence-electron chi connectivity index (χ1n) is 1.21. The second-order valence-corrected chi connectivity index (χ2v) is 1.41. The van der Waals surface area contributed by atoms with E-state index >= 15 is 0 Å². The highest BCUT2D eigenvalue weighted by molar-refractivity contribution is 8.06. The molecule has 0 radical (unpaired) electrons. The summed E-state index contributed by atoms with van der Waals surface area (Å²) < 4.78 is 0. The fourth-order valence-electron chi connectivity index (χ4n) is 0.0561. The minimum atomic E-state index is 1.00. The van der Waals surface area contributed by atoms with Gasteiger partial charge >= 0.3 is 0 Å². The molecule has 0 amide bonds. The van der Waals surface area contributed by atoms with Crippen LogP contribution in [0.2, 0.25) is 0 Å². The van der Waals surface area contributed by atoms with Crippen molar-refractivity contribution < 1.29 is 0 Å². The normalized spacial score (nSPS) is 8.67. The molecule has 0 saturated carbocycles. The van der Waals surface area contributed by atoms with Gasteiger partial charge < -0.3 is 0 Å². The molecular formula is C3H2ClNS. The van der Waals surface area contributed by atoms with E-state index in [2.05, 4.69) is 0 Å². The van der Waals surface area contributed by atoms with Crippen LogP contribution in [0.25, 0.3) is 0 Å². The molecule has 0 aromatic heterocycles. The van der Waals surface area contributed by atoms with Gasteiger partial charge in [0.05, 0.1) is 0 Å². The lowest BCUT2D eigenvalue weighted by Gasteiger charge is -1.60. The van der Waals surface area contributed by atoms with Crippen LogP contribution in [-0.4, -0.2) is 0 Å². The first-order chi connectivity index (χ1) is 2.91. The van der Waals surface area contributed by atoms with Gasteiger partial charge in [-0.25, -0.2) is 0 Å². The van der Waals surface area contributed by atoms with Crippen molar-refractivity contribution in [2.75, 3.05) is 0 Å². The van der Waals surface area contributed by atoms with Gasteiger partial charge in [0.15, 0.2) is 0 Å². The van der Waals surface area contributed by atoms with Crippen LogP contribution >= 0.6 is 23.4 Å². The molecule has 0 atom stereocenters. The predicted molar refractivity (Wildman–Crippen MR) is 28.2 cm³/mol. The van der Waals surface area contributed by atoms with Crippen LogP contribution in [0.1, 0.15) is 0 Å². The number of hydrogen-bond acceptors (Lipinski definition) is 2. The molecule has 32 valence electrons. The maximum atomic E-state index is 7.80. The van der Waals surface area contributed by atoms with Crippen LogP contribution in [-0.2, 0) is 0 Å². The van der Waals surface area contributed by atoms with Crippen molar-refractivity contribution in [2.45, 2.75) is 0 Å². The summed E-state index contributed by atoms with van der Waals surface area (Å²) in [4.78, 5) is 0. The molecule has 0 saturated heterocycles. The Morgan fingerprint density at radius 2 is 2.50 bits per heavy atom. The van der Waals surface area contributed by atoms with Gasteiger partial charge in [-0.2, -0.15) is 5.26 Å². The third-order valence-corrected chi connectivity index (χ3v) is 0.825. The van der Waals surface area contributed by atoms with Crippen molar-refractivity contribution in [2.24, 2.45) is 0 Å². The van der Waals surface area contributed by atoms with Crippen LogP contribution in [0.4, 0.5) is 0 Å². The SMILES string of the molecule is N#CSC=CCl. The van der Waals surface area contributed by atoms with Crippen LogP contribution < -0.4 is 0 Å². The summed E-state index contributed by atoms with van der Waals surface area (Å²) in [5.74, 6) is 0. The van der Waals surface area contributed by atoms with Gasteiger partial charge in [0.1, 0.15) is 5.40 Å². The van der Waals surface area contributed by atoms with E-state index in [-0.39, 0.29) is 0 Å². The molecule has 0 aliphatic rings. The molecule has 1 nitrogen and oxygen atoms in total. The second kappa shape index (κ2) is 4.87. The van der Waals surface area contributed by atoms with Crippen LogP contribution in [0.15, 0.2) is 10.9 Å². The van der Waals surface area contributed by atoms with Crippen molar-refractivity contribution in [3.63, 3.8) is 0 Å². The zero-order valence-electron chi connectivity index (χ0n) is 2.89. The average Bonchev–Trinajstić information content (AvgIpc) is 1.61. The maximum Gasteiger partial charge on any atom is 0.138 e. The summed E-state index contributed by atoms with van der Waals surface area (Å²) in [7, 11) is 0. The molecule has 0 aromatic rings. The third kappa shape index (κ3) is 3.87. The summed E-state index contributed by atoms with van der Waals surface area (Å²) in [6.07, 6.45) is 0. The van der Waals surface area contributed by atoms with Gasteiger partial charge in [0.25, 0.3) is 0 Å². The Labute approximate surface area is 45.6 Å². The Morgan fingerprint density at radius 1 is 1.83 bits per heavy atom. The molecule has 0 aliphatic heterocycles. The molecule has 0 heterocycles. The second-order valence-electron chi connectivity index (χ2n) is 0.471. The number of hydrogen-bond donors (Lipinski definition) is 0. The third-order valence-electron chi connectivity index (χ3n) is 0.172. The van der Waals surface area contributed by atoms with Gasteiger partial charge in [0, 0.05) is 5.54 Å². The van der Waals surface area contributed by atoms with E-state index in [1.165, 1.54) is 10.9 Å². The van der Waals surface area contributed by atoms with E-state index in [1.54, 1.807) is 0 Å². The van der Waals surface area contributed by atoms with Crippen LogP contribution in [0.3, 0.4) is 0 Å². The highest BCUT2D eigenvalue weighted by atomic mass is 35.5. The van der Waals surface area contributed by atoms with Gasteiger partial charge in [0.2, 0.25) is 0 Å². The Morgan fingerprint density at radius 3 is 2.67 bits per heavy atom.